The Kier molecular flexibility index (Phi) is 4.03. The molecule has 19 heavy (non-hydrogen) atoms. The molecule has 0 aliphatic carbocycles. The molecule has 1 unspecified atom stereocenters. The molecule has 0 aromatic carbocycles. The van der Waals surface area contributed by atoms with Crippen LogP contribution >= 0.6 is 11.8 Å². The summed E-state index contributed by atoms with van der Waals surface area (Å²) in [6.45, 7) is 7.31. The van der Waals surface area contributed by atoms with E-state index in [2.05, 4.69) is 15.6 Å². The van der Waals surface area contributed by atoms with Crippen molar-refractivity contribution < 1.29 is 9.59 Å². The van der Waals surface area contributed by atoms with E-state index in [1.165, 1.54) is 11.8 Å². The lowest BCUT2D eigenvalue weighted by Gasteiger charge is -2.32. The van der Waals surface area contributed by atoms with E-state index in [0.717, 1.165) is 12.3 Å². The van der Waals surface area contributed by atoms with Gasteiger partial charge in [0, 0.05) is 24.3 Å². The van der Waals surface area contributed by atoms with Gasteiger partial charge < -0.3 is 10.2 Å². The molecule has 2 N–H and O–H groups in total. The number of carbonyl (C=O) groups is 2. The third-order valence-electron chi connectivity index (χ3n) is 3.08. The monoisotopic (exact) mass is 284 g/mol. The zero-order valence-electron chi connectivity index (χ0n) is 11.5. The van der Waals surface area contributed by atoms with Gasteiger partial charge >= 0.3 is 6.03 Å². The Labute approximate surface area is 117 Å². The first-order valence-corrected chi connectivity index (χ1v) is 7.40. The van der Waals surface area contributed by atoms with Gasteiger partial charge in [-0.3, -0.25) is 15.1 Å². The zero-order valence-corrected chi connectivity index (χ0v) is 12.3. The summed E-state index contributed by atoms with van der Waals surface area (Å²) < 4.78 is 0. The summed E-state index contributed by atoms with van der Waals surface area (Å²) in [6.07, 6.45) is 0.365. The molecule has 0 radical (unpaired) electrons. The smallest absolute Gasteiger partial charge is 0.321 e. The van der Waals surface area contributed by atoms with Crippen molar-refractivity contribution >= 4 is 28.9 Å². The quantitative estimate of drug-likeness (QED) is 0.747. The van der Waals surface area contributed by atoms with Gasteiger partial charge in [0.25, 0.3) is 0 Å². The molecule has 1 atom stereocenters. The summed E-state index contributed by atoms with van der Waals surface area (Å²) in [4.78, 5) is 29.6. The Hall–Kier alpha value is -1.24. The summed E-state index contributed by atoms with van der Waals surface area (Å²) in [5, 5.41) is 6.20. The van der Waals surface area contributed by atoms with Crippen molar-refractivity contribution in [2.24, 2.45) is 4.99 Å². The largest absolute Gasteiger partial charge is 0.336 e. The average molecular weight is 284 g/mol. The highest BCUT2D eigenvalue weighted by Crippen LogP contribution is 2.21. The van der Waals surface area contributed by atoms with Gasteiger partial charge in [-0.05, 0) is 20.8 Å². The highest BCUT2D eigenvalue weighted by Gasteiger charge is 2.36. The number of nitrogens with zero attached hydrogens (tertiary/aromatic N) is 2. The van der Waals surface area contributed by atoms with Crippen LogP contribution in [-0.4, -0.2) is 52.4 Å². The maximum atomic E-state index is 11.9. The molecular formula is C12H20N4O2S. The van der Waals surface area contributed by atoms with Crippen molar-refractivity contribution in [2.75, 3.05) is 18.8 Å². The van der Waals surface area contributed by atoms with Crippen LogP contribution in [0.2, 0.25) is 0 Å². The fourth-order valence-electron chi connectivity index (χ4n) is 2.18. The van der Waals surface area contributed by atoms with Gasteiger partial charge in [-0.15, -0.1) is 0 Å². The molecule has 0 aromatic rings. The van der Waals surface area contributed by atoms with Crippen molar-refractivity contribution in [2.45, 2.75) is 38.8 Å². The first kappa shape index (κ1) is 14.2. The van der Waals surface area contributed by atoms with E-state index in [9.17, 15) is 9.59 Å². The fourth-order valence-corrected chi connectivity index (χ4v) is 2.91. The van der Waals surface area contributed by atoms with Crippen LogP contribution in [0.15, 0.2) is 4.99 Å². The molecule has 106 valence electrons. The first-order chi connectivity index (χ1) is 8.86. The molecule has 2 heterocycles. The van der Waals surface area contributed by atoms with Crippen molar-refractivity contribution in [1.82, 2.24) is 15.5 Å². The molecule has 0 bridgehead atoms. The lowest BCUT2D eigenvalue weighted by Crippen LogP contribution is -2.47. The maximum Gasteiger partial charge on any atom is 0.321 e. The summed E-state index contributed by atoms with van der Waals surface area (Å²) in [5.74, 6) is 1.00. The number of urea groups is 1. The van der Waals surface area contributed by atoms with E-state index in [0.29, 0.717) is 18.1 Å². The molecule has 3 amide bonds. The number of likely N-dealkylation sites (tertiary alicyclic amines) is 1. The Morgan fingerprint density at radius 1 is 1.47 bits per heavy atom. The Bertz CT molecular complexity index is 416. The number of hydrogen-bond donors (Lipinski definition) is 2. The lowest BCUT2D eigenvalue weighted by molar-refractivity contribution is -0.131. The second kappa shape index (κ2) is 5.40. The summed E-state index contributed by atoms with van der Waals surface area (Å²) in [5.41, 5.74) is -0.199. The van der Waals surface area contributed by atoms with Gasteiger partial charge in [-0.25, -0.2) is 4.79 Å². The van der Waals surface area contributed by atoms with Gasteiger partial charge in [0.05, 0.1) is 12.6 Å². The van der Waals surface area contributed by atoms with E-state index in [-0.39, 0.29) is 23.5 Å². The molecule has 2 rings (SSSR count). The molecule has 6 nitrogen and oxygen atoms in total. The third-order valence-corrected chi connectivity index (χ3v) is 3.97. The molecule has 0 saturated carbocycles. The van der Waals surface area contributed by atoms with Crippen LogP contribution in [0.5, 0.6) is 0 Å². The van der Waals surface area contributed by atoms with Crippen LogP contribution in [0.1, 0.15) is 27.2 Å². The van der Waals surface area contributed by atoms with E-state index in [4.69, 9.17) is 0 Å². The highest BCUT2D eigenvalue weighted by molar-refractivity contribution is 8.14. The standard InChI is InChI=1S/C12H20N4O2S/c1-12(2,3)16-7-8(6-9(16)17)14-10(18)15-11-13-4-5-19-11/h8H,4-7H2,1-3H3,(H2,13,14,15,18). The first-order valence-electron chi connectivity index (χ1n) is 6.41. The number of carbonyl (C=O) groups excluding carboxylic acids is 2. The van der Waals surface area contributed by atoms with Crippen molar-refractivity contribution in [3.05, 3.63) is 0 Å². The average Bonchev–Trinajstić information content (AvgIpc) is 2.87. The molecular weight excluding hydrogens is 264 g/mol. The van der Waals surface area contributed by atoms with Crippen LogP contribution in [0.25, 0.3) is 0 Å². The molecule has 0 spiro atoms. The SMILES string of the molecule is CC(C)(C)N1CC(NC(=O)NC2=NCCS2)CC1=O. The molecule has 1 fully saturated rings. The van der Waals surface area contributed by atoms with Gasteiger partial charge in [0.1, 0.15) is 0 Å². The number of amidine groups is 1. The number of thioether (sulfide) groups is 1. The Morgan fingerprint density at radius 3 is 2.74 bits per heavy atom. The molecule has 2 aliphatic heterocycles. The van der Waals surface area contributed by atoms with Gasteiger partial charge in [-0.2, -0.15) is 0 Å². The number of nitrogens with one attached hydrogen (secondary N) is 2. The Balaban J connectivity index is 1.84. The maximum absolute atomic E-state index is 11.9. The van der Waals surface area contributed by atoms with E-state index in [1.54, 1.807) is 4.90 Å². The van der Waals surface area contributed by atoms with Crippen LogP contribution in [0, 0.1) is 0 Å². The number of hydrogen-bond acceptors (Lipinski definition) is 4. The number of amides is 3. The van der Waals surface area contributed by atoms with Crippen molar-refractivity contribution in [3.63, 3.8) is 0 Å². The molecule has 0 aromatic heterocycles. The topological polar surface area (TPSA) is 73.8 Å². The Morgan fingerprint density at radius 2 is 2.21 bits per heavy atom. The molecule has 7 heteroatoms. The predicted molar refractivity (Wildman–Crippen MR) is 76.3 cm³/mol. The van der Waals surface area contributed by atoms with Crippen LogP contribution in [0.3, 0.4) is 0 Å². The zero-order chi connectivity index (χ0) is 14.0. The molecule has 2 aliphatic rings. The van der Waals surface area contributed by atoms with E-state index < -0.39 is 0 Å². The fraction of sp³-hybridized carbons (Fsp3) is 0.750. The summed E-state index contributed by atoms with van der Waals surface area (Å²) in [6, 6.07) is -0.402. The minimum absolute atomic E-state index is 0.0883. The third kappa shape index (κ3) is 3.62. The van der Waals surface area contributed by atoms with Crippen LogP contribution in [-0.2, 0) is 4.79 Å². The van der Waals surface area contributed by atoms with Crippen LogP contribution in [0.4, 0.5) is 4.79 Å². The van der Waals surface area contributed by atoms with Gasteiger partial charge in [0.2, 0.25) is 5.91 Å². The minimum atomic E-state index is -0.276. The summed E-state index contributed by atoms with van der Waals surface area (Å²) >= 11 is 1.53. The lowest BCUT2D eigenvalue weighted by atomic mass is 10.1. The number of aliphatic imine (C=N–C) groups is 1. The van der Waals surface area contributed by atoms with Gasteiger partial charge in [-0.1, -0.05) is 11.8 Å². The normalized spacial score (nSPS) is 23.5. The van der Waals surface area contributed by atoms with E-state index in [1.807, 2.05) is 20.8 Å². The van der Waals surface area contributed by atoms with Crippen molar-refractivity contribution in [1.29, 1.82) is 0 Å². The van der Waals surface area contributed by atoms with Gasteiger partial charge in [0.15, 0.2) is 5.17 Å². The van der Waals surface area contributed by atoms with E-state index >= 15 is 0 Å². The second-order valence-corrected chi connectivity index (χ2v) is 6.79. The van der Waals surface area contributed by atoms with Crippen LogP contribution < -0.4 is 10.6 Å². The second-order valence-electron chi connectivity index (χ2n) is 5.71. The minimum Gasteiger partial charge on any atom is -0.336 e. The predicted octanol–water partition coefficient (Wildman–Crippen LogP) is 0.788. The summed E-state index contributed by atoms with van der Waals surface area (Å²) in [7, 11) is 0. The highest BCUT2D eigenvalue weighted by atomic mass is 32.2. The molecule has 1 saturated heterocycles. The van der Waals surface area contributed by atoms with Crippen molar-refractivity contribution in [3.8, 4) is 0 Å². The number of rotatable bonds is 1.